The van der Waals surface area contributed by atoms with E-state index in [9.17, 15) is 9.59 Å². The Morgan fingerprint density at radius 3 is 1.82 bits per heavy atom. The Morgan fingerprint density at radius 2 is 1.45 bits per heavy atom. The van der Waals surface area contributed by atoms with Crippen molar-refractivity contribution in [2.24, 2.45) is 0 Å². The van der Waals surface area contributed by atoms with Crippen LogP contribution in [-0.2, 0) is 9.59 Å². The Labute approximate surface area is 132 Å². The van der Waals surface area contributed by atoms with E-state index in [1.54, 1.807) is 16.9 Å². The van der Waals surface area contributed by atoms with Crippen molar-refractivity contribution in [2.75, 3.05) is 13.1 Å². The number of hydrazine groups is 1. The van der Waals surface area contributed by atoms with Crippen LogP contribution in [0.15, 0.2) is 12.1 Å². The normalized spacial score (nSPS) is 15.3. The Hall–Kier alpha value is -2.28. The highest BCUT2D eigenvalue weighted by Gasteiger charge is 2.46. The van der Waals surface area contributed by atoms with Gasteiger partial charge in [0.2, 0.25) is 0 Å². The van der Waals surface area contributed by atoms with Crippen molar-refractivity contribution < 1.29 is 9.59 Å². The van der Waals surface area contributed by atoms with Crippen molar-refractivity contribution in [1.29, 1.82) is 0 Å². The number of aryl methyl sites for hydroxylation is 2. The SMILES string of the molecule is CC#Cc1cc(C)c(C2C(=O)N(CC)N(CC)C2=O)c(C)c1. The lowest BCUT2D eigenvalue weighted by molar-refractivity contribution is -0.145. The van der Waals surface area contributed by atoms with Gasteiger partial charge in [-0.1, -0.05) is 5.92 Å². The molecule has 116 valence electrons. The molecule has 2 rings (SSSR count). The monoisotopic (exact) mass is 298 g/mol. The van der Waals surface area contributed by atoms with E-state index >= 15 is 0 Å². The maximum atomic E-state index is 12.7. The molecule has 0 aromatic heterocycles. The fourth-order valence-corrected chi connectivity index (χ4v) is 3.19. The summed E-state index contributed by atoms with van der Waals surface area (Å²) in [6.07, 6.45) is 0. The fourth-order valence-electron chi connectivity index (χ4n) is 3.19. The van der Waals surface area contributed by atoms with Crippen LogP contribution in [0.4, 0.5) is 0 Å². The Bertz CT molecular complexity index is 637. The molecule has 0 unspecified atom stereocenters. The largest absolute Gasteiger partial charge is 0.272 e. The molecule has 0 saturated carbocycles. The molecule has 2 amide bonds. The Kier molecular flexibility index (Phi) is 4.56. The summed E-state index contributed by atoms with van der Waals surface area (Å²) < 4.78 is 0. The molecule has 0 atom stereocenters. The summed E-state index contributed by atoms with van der Waals surface area (Å²) in [5.41, 5.74) is 3.63. The second kappa shape index (κ2) is 6.23. The van der Waals surface area contributed by atoms with Gasteiger partial charge in [0.15, 0.2) is 0 Å². The molecule has 4 nitrogen and oxygen atoms in total. The van der Waals surface area contributed by atoms with Crippen LogP contribution in [0.3, 0.4) is 0 Å². The highest BCUT2D eigenvalue weighted by atomic mass is 16.2. The van der Waals surface area contributed by atoms with Gasteiger partial charge in [-0.25, -0.2) is 0 Å². The summed E-state index contributed by atoms with van der Waals surface area (Å²) in [5, 5.41) is 3.09. The number of nitrogens with zero attached hydrogens (tertiary/aromatic N) is 2. The molecule has 4 heteroatoms. The standard InChI is InChI=1S/C18H22N2O2/c1-6-9-14-10-12(4)15(13(5)11-14)16-17(21)19(7-2)20(8-3)18(16)22/h10-11,16H,7-8H2,1-5H3. The average Bonchev–Trinajstić information content (AvgIpc) is 2.70. The number of carbonyl (C=O) groups excluding carboxylic acids is 2. The van der Waals surface area contributed by atoms with Crippen molar-refractivity contribution in [3.8, 4) is 11.8 Å². The molecule has 0 bridgehead atoms. The van der Waals surface area contributed by atoms with E-state index < -0.39 is 5.92 Å². The van der Waals surface area contributed by atoms with Crippen LogP contribution < -0.4 is 0 Å². The average molecular weight is 298 g/mol. The molecule has 22 heavy (non-hydrogen) atoms. The lowest BCUT2D eigenvalue weighted by Crippen LogP contribution is -2.40. The van der Waals surface area contributed by atoms with E-state index in [0.717, 1.165) is 22.3 Å². The van der Waals surface area contributed by atoms with Crippen LogP contribution in [0.25, 0.3) is 0 Å². The quantitative estimate of drug-likeness (QED) is 0.635. The number of likely N-dealkylation sites (N-methyl/N-ethyl adjacent to an activating group) is 2. The summed E-state index contributed by atoms with van der Waals surface area (Å²) >= 11 is 0. The maximum Gasteiger partial charge on any atom is 0.258 e. The van der Waals surface area contributed by atoms with E-state index in [2.05, 4.69) is 11.8 Å². The predicted molar refractivity (Wildman–Crippen MR) is 86.0 cm³/mol. The summed E-state index contributed by atoms with van der Waals surface area (Å²) in [6, 6.07) is 3.90. The van der Waals surface area contributed by atoms with Gasteiger partial charge in [-0.05, 0) is 63.4 Å². The third-order valence-electron chi connectivity index (χ3n) is 4.04. The topological polar surface area (TPSA) is 40.6 Å². The highest BCUT2D eigenvalue weighted by Crippen LogP contribution is 2.33. The first-order chi connectivity index (χ1) is 10.5. The van der Waals surface area contributed by atoms with Crippen molar-refractivity contribution in [2.45, 2.75) is 40.5 Å². The van der Waals surface area contributed by atoms with Crippen LogP contribution >= 0.6 is 0 Å². The smallest absolute Gasteiger partial charge is 0.258 e. The third kappa shape index (κ3) is 2.48. The predicted octanol–water partition coefficient (Wildman–Crippen LogP) is 2.38. The summed E-state index contributed by atoms with van der Waals surface area (Å²) in [5.74, 6) is 4.93. The zero-order chi connectivity index (χ0) is 16.4. The molecule has 0 aliphatic carbocycles. The van der Waals surface area contributed by atoms with Gasteiger partial charge in [0.1, 0.15) is 5.92 Å². The molecule has 1 saturated heterocycles. The van der Waals surface area contributed by atoms with E-state index in [-0.39, 0.29) is 11.8 Å². The molecular weight excluding hydrogens is 276 g/mol. The van der Waals surface area contributed by atoms with Crippen LogP contribution in [0.1, 0.15) is 48.9 Å². The van der Waals surface area contributed by atoms with Gasteiger partial charge >= 0.3 is 0 Å². The fraction of sp³-hybridized carbons (Fsp3) is 0.444. The van der Waals surface area contributed by atoms with Crippen molar-refractivity contribution in [1.82, 2.24) is 10.0 Å². The van der Waals surface area contributed by atoms with E-state index in [1.807, 2.05) is 39.8 Å². The van der Waals surface area contributed by atoms with Gasteiger partial charge in [-0.15, -0.1) is 5.92 Å². The molecule has 0 N–H and O–H groups in total. The number of benzene rings is 1. The zero-order valence-electron chi connectivity index (χ0n) is 13.9. The van der Waals surface area contributed by atoms with Gasteiger partial charge in [0.05, 0.1) is 0 Å². The number of hydrogen-bond donors (Lipinski definition) is 0. The van der Waals surface area contributed by atoms with Crippen LogP contribution in [-0.4, -0.2) is 34.9 Å². The summed E-state index contributed by atoms with van der Waals surface area (Å²) in [4.78, 5) is 25.3. The molecule has 0 spiro atoms. The summed E-state index contributed by atoms with van der Waals surface area (Å²) in [6.45, 7) is 10.5. The third-order valence-corrected chi connectivity index (χ3v) is 4.04. The molecule has 1 aromatic rings. The molecule has 1 aliphatic heterocycles. The molecular formula is C18H22N2O2. The maximum absolute atomic E-state index is 12.7. The van der Waals surface area contributed by atoms with E-state index in [4.69, 9.17) is 0 Å². The van der Waals surface area contributed by atoms with Crippen LogP contribution in [0, 0.1) is 25.7 Å². The van der Waals surface area contributed by atoms with E-state index in [1.165, 1.54) is 0 Å². The second-order valence-electron chi connectivity index (χ2n) is 5.44. The molecule has 1 heterocycles. The minimum atomic E-state index is -0.719. The Balaban J connectivity index is 2.54. The van der Waals surface area contributed by atoms with E-state index in [0.29, 0.717) is 13.1 Å². The number of carbonyl (C=O) groups is 2. The Morgan fingerprint density at radius 1 is 1.00 bits per heavy atom. The number of hydrogen-bond acceptors (Lipinski definition) is 2. The summed E-state index contributed by atoms with van der Waals surface area (Å²) in [7, 11) is 0. The lowest BCUT2D eigenvalue weighted by atomic mass is 9.88. The number of amides is 2. The van der Waals surface area contributed by atoms with Crippen LogP contribution in [0.5, 0.6) is 0 Å². The molecule has 1 aromatic carbocycles. The molecule has 1 aliphatic rings. The van der Waals surface area contributed by atoms with Gasteiger partial charge in [-0.3, -0.25) is 19.6 Å². The van der Waals surface area contributed by atoms with Gasteiger partial charge < -0.3 is 0 Å². The first kappa shape index (κ1) is 16.1. The zero-order valence-corrected chi connectivity index (χ0v) is 13.9. The van der Waals surface area contributed by atoms with Crippen LogP contribution in [0.2, 0.25) is 0 Å². The van der Waals surface area contributed by atoms with Crippen molar-refractivity contribution in [3.05, 3.63) is 34.4 Å². The van der Waals surface area contributed by atoms with Gasteiger partial charge in [-0.2, -0.15) is 0 Å². The highest BCUT2D eigenvalue weighted by molar-refractivity contribution is 6.10. The lowest BCUT2D eigenvalue weighted by Gasteiger charge is -2.24. The first-order valence-electron chi connectivity index (χ1n) is 7.62. The van der Waals surface area contributed by atoms with Crippen molar-refractivity contribution >= 4 is 11.8 Å². The van der Waals surface area contributed by atoms with Crippen molar-refractivity contribution in [3.63, 3.8) is 0 Å². The van der Waals surface area contributed by atoms with Gasteiger partial charge in [0, 0.05) is 18.7 Å². The minimum Gasteiger partial charge on any atom is -0.272 e. The molecule has 1 fully saturated rings. The number of rotatable bonds is 3. The minimum absolute atomic E-state index is 0.130. The second-order valence-corrected chi connectivity index (χ2v) is 5.44. The first-order valence-corrected chi connectivity index (χ1v) is 7.62. The van der Waals surface area contributed by atoms with Gasteiger partial charge in [0.25, 0.3) is 11.8 Å². The molecule has 0 radical (unpaired) electrons.